The van der Waals surface area contributed by atoms with E-state index in [1.54, 1.807) is 18.8 Å². The van der Waals surface area contributed by atoms with E-state index < -0.39 is 0 Å². The number of rotatable bonds is 4. The zero-order chi connectivity index (χ0) is 13.0. The SMILES string of the molecule is CNc1cncc(C(=O)NCc2scnc2C)n1. The van der Waals surface area contributed by atoms with Gasteiger partial charge in [-0.3, -0.25) is 9.78 Å². The maximum Gasteiger partial charge on any atom is 0.271 e. The minimum Gasteiger partial charge on any atom is -0.372 e. The highest BCUT2D eigenvalue weighted by atomic mass is 32.1. The third-order valence-corrected chi connectivity index (χ3v) is 3.31. The lowest BCUT2D eigenvalue weighted by Gasteiger charge is -2.04. The number of carbonyl (C=O) groups is 1. The van der Waals surface area contributed by atoms with Crippen LogP contribution in [0.5, 0.6) is 0 Å². The van der Waals surface area contributed by atoms with Gasteiger partial charge in [0, 0.05) is 11.9 Å². The molecule has 0 aromatic carbocycles. The molecule has 7 heteroatoms. The van der Waals surface area contributed by atoms with Crippen molar-refractivity contribution in [3.8, 4) is 0 Å². The molecule has 0 bridgehead atoms. The highest BCUT2D eigenvalue weighted by Crippen LogP contribution is 2.11. The van der Waals surface area contributed by atoms with Crippen molar-refractivity contribution in [3.63, 3.8) is 0 Å². The van der Waals surface area contributed by atoms with Gasteiger partial charge in [0.2, 0.25) is 0 Å². The van der Waals surface area contributed by atoms with E-state index in [2.05, 4.69) is 25.6 Å². The molecule has 0 saturated heterocycles. The summed E-state index contributed by atoms with van der Waals surface area (Å²) >= 11 is 1.52. The van der Waals surface area contributed by atoms with Crippen molar-refractivity contribution < 1.29 is 4.79 Å². The van der Waals surface area contributed by atoms with Crippen LogP contribution in [0.25, 0.3) is 0 Å². The second kappa shape index (κ2) is 5.54. The van der Waals surface area contributed by atoms with Crippen molar-refractivity contribution >= 4 is 23.1 Å². The van der Waals surface area contributed by atoms with Gasteiger partial charge in [0.1, 0.15) is 11.5 Å². The molecule has 0 aliphatic rings. The van der Waals surface area contributed by atoms with E-state index in [4.69, 9.17) is 0 Å². The molecule has 94 valence electrons. The zero-order valence-corrected chi connectivity index (χ0v) is 10.9. The predicted octanol–water partition coefficient (Wildman–Crippen LogP) is 1.21. The Kier molecular flexibility index (Phi) is 3.83. The number of nitrogens with zero attached hydrogens (tertiary/aromatic N) is 3. The molecule has 2 N–H and O–H groups in total. The van der Waals surface area contributed by atoms with Crippen LogP contribution in [0.1, 0.15) is 21.1 Å². The van der Waals surface area contributed by atoms with Gasteiger partial charge >= 0.3 is 0 Å². The van der Waals surface area contributed by atoms with Gasteiger partial charge in [0.05, 0.1) is 30.1 Å². The highest BCUT2D eigenvalue weighted by molar-refractivity contribution is 7.09. The van der Waals surface area contributed by atoms with E-state index in [9.17, 15) is 4.79 Å². The van der Waals surface area contributed by atoms with E-state index in [1.807, 2.05) is 6.92 Å². The second-order valence-electron chi connectivity index (χ2n) is 3.58. The molecule has 2 aromatic heterocycles. The quantitative estimate of drug-likeness (QED) is 0.866. The van der Waals surface area contributed by atoms with Crippen LogP contribution in [-0.2, 0) is 6.54 Å². The maximum atomic E-state index is 11.9. The average molecular weight is 263 g/mol. The van der Waals surface area contributed by atoms with Gasteiger partial charge < -0.3 is 10.6 Å². The Hall–Kier alpha value is -2.02. The number of aryl methyl sites for hydroxylation is 1. The van der Waals surface area contributed by atoms with Crippen LogP contribution in [0.15, 0.2) is 17.9 Å². The molecule has 0 unspecified atom stereocenters. The van der Waals surface area contributed by atoms with Gasteiger partial charge in [-0.05, 0) is 6.92 Å². The number of nitrogens with one attached hydrogen (secondary N) is 2. The van der Waals surface area contributed by atoms with E-state index in [-0.39, 0.29) is 5.91 Å². The van der Waals surface area contributed by atoms with Crippen molar-refractivity contribution in [2.45, 2.75) is 13.5 Å². The summed E-state index contributed by atoms with van der Waals surface area (Å²) in [6.45, 7) is 2.38. The number of amides is 1. The molecule has 1 amide bonds. The first-order chi connectivity index (χ1) is 8.70. The van der Waals surface area contributed by atoms with Crippen molar-refractivity contribution in [2.75, 3.05) is 12.4 Å². The summed E-state index contributed by atoms with van der Waals surface area (Å²) in [6, 6.07) is 0. The first kappa shape index (κ1) is 12.4. The second-order valence-corrected chi connectivity index (χ2v) is 4.52. The summed E-state index contributed by atoms with van der Waals surface area (Å²) in [5.41, 5.74) is 3.00. The molecule has 2 rings (SSSR count). The lowest BCUT2D eigenvalue weighted by molar-refractivity contribution is 0.0946. The molecular formula is C11H13N5OS. The summed E-state index contributed by atoms with van der Waals surface area (Å²) in [4.78, 5) is 25.1. The fourth-order valence-corrected chi connectivity index (χ4v) is 2.06. The fraction of sp³-hybridized carbons (Fsp3) is 0.273. The average Bonchev–Trinajstić information content (AvgIpc) is 2.81. The Morgan fingerprint density at radius 1 is 1.44 bits per heavy atom. The fourth-order valence-electron chi connectivity index (χ4n) is 1.34. The van der Waals surface area contributed by atoms with Gasteiger partial charge in [-0.2, -0.15) is 0 Å². The first-order valence-corrected chi connectivity index (χ1v) is 6.25. The standard InChI is InChI=1S/C11H13N5OS/c1-7-9(18-6-15-7)4-14-11(17)8-3-13-5-10(12-2)16-8/h3,5-6H,4H2,1-2H3,(H,12,16)(H,14,17). The van der Waals surface area contributed by atoms with E-state index in [1.165, 1.54) is 17.5 Å². The molecule has 0 atom stereocenters. The zero-order valence-electron chi connectivity index (χ0n) is 10.1. The first-order valence-electron chi connectivity index (χ1n) is 5.37. The van der Waals surface area contributed by atoms with Crippen LogP contribution < -0.4 is 10.6 Å². The van der Waals surface area contributed by atoms with Crippen molar-refractivity contribution in [3.05, 3.63) is 34.2 Å². The van der Waals surface area contributed by atoms with Gasteiger partial charge in [0.15, 0.2) is 0 Å². The van der Waals surface area contributed by atoms with Crippen LogP contribution in [0.4, 0.5) is 5.82 Å². The van der Waals surface area contributed by atoms with Crippen LogP contribution in [-0.4, -0.2) is 27.9 Å². The summed E-state index contributed by atoms with van der Waals surface area (Å²) in [7, 11) is 1.73. The third kappa shape index (κ3) is 2.80. The predicted molar refractivity (Wildman–Crippen MR) is 69.6 cm³/mol. The Balaban J connectivity index is 2.01. The minimum absolute atomic E-state index is 0.243. The largest absolute Gasteiger partial charge is 0.372 e. The smallest absolute Gasteiger partial charge is 0.271 e. The molecule has 0 aliphatic carbocycles. The highest BCUT2D eigenvalue weighted by Gasteiger charge is 2.09. The molecule has 0 radical (unpaired) electrons. The number of hydrogen-bond donors (Lipinski definition) is 2. The van der Waals surface area contributed by atoms with Gasteiger partial charge in [-0.1, -0.05) is 0 Å². The Labute approximate surface area is 109 Å². The summed E-state index contributed by atoms with van der Waals surface area (Å²) in [6.07, 6.45) is 3.00. The lowest BCUT2D eigenvalue weighted by atomic mass is 10.3. The number of carbonyl (C=O) groups excluding carboxylic acids is 1. The van der Waals surface area contributed by atoms with Crippen molar-refractivity contribution in [1.29, 1.82) is 0 Å². The lowest BCUT2D eigenvalue weighted by Crippen LogP contribution is -2.24. The molecule has 0 fully saturated rings. The van der Waals surface area contributed by atoms with E-state index in [0.29, 0.717) is 18.1 Å². The molecule has 0 aliphatic heterocycles. The van der Waals surface area contributed by atoms with Gasteiger partial charge in [-0.15, -0.1) is 11.3 Å². The number of anilines is 1. The normalized spacial score (nSPS) is 10.1. The molecule has 0 saturated carbocycles. The van der Waals surface area contributed by atoms with E-state index >= 15 is 0 Å². The monoisotopic (exact) mass is 263 g/mol. The topological polar surface area (TPSA) is 79.8 Å². The molecule has 18 heavy (non-hydrogen) atoms. The van der Waals surface area contributed by atoms with Gasteiger partial charge in [0.25, 0.3) is 5.91 Å². The number of thiazole rings is 1. The Morgan fingerprint density at radius 3 is 2.94 bits per heavy atom. The van der Waals surface area contributed by atoms with Crippen molar-refractivity contribution in [2.24, 2.45) is 0 Å². The number of aromatic nitrogens is 3. The molecule has 0 spiro atoms. The molecular weight excluding hydrogens is 250 g/mol. The number of hydrogen-bond acceptors (Lipinski definition) is 6. The molecule has 6 nitrogen and oxygen atoms in total. The van der Waals surface area contributed by atoms with Crippen molar-refractivity contribution in [1.82, 2.24) is 20.3 Å². The Morgan fingerprint density at radius 2 is 2.28 bits per heavy atom. The van der Waals surface area contributed by atoms with Crippen LogP contribution >= 0.6 is 11.3 Å². The van der Waals surface area contributed by atoms with Crippen LogP contribution in [0, 0.1) is 6.92 Å². The van der Waals surface area contributed by atoms with Crippen LogP contribution in [0.3, 0.4) is 0 Å². The van der Waals surface area contributed by atoms with Gasteiger partial charge in [-0.25, -0.2) is 9.97 Å². The molecule has 2 heterocycles. The maximum absolute atomic E-state index is 11.9. The summed E-state index contributed by atoms with van der Waals surface area (Å²) < 4.78 is 0. The summed E-state index contributed by atoms with van der Waals surface area (Å²) in [5, 5.41) is 5.63. The van der Waals surface area contributed by atoms with Crippen LogP contribution in [0.2, 0.25) is 0 Å². The minimum atomic E-state index is -0.243. The summed E-state index contributed by atoms with van der Waals surface area (Å²) in [5.74, 6) is 0.323. The van der Waals surface area contributed by atoms with E-state index in [0.717, 1.165) is 10.6 Å². The Bertz CT molecular complexity index is 554. The third-order valence-electron chi connectivity index (χ3n) is 2.38. The molecule has 2 aromatic rings.